The summed E-state index contributed by atoms with van der Waals surface area (Å²) < 4.78 is 5.44. The van der Waals surface area contributed by atoms with Crippen molar-refractivity contribution in [3.05, 3.63) is 68.3 Å². The number of hydrogen-bond acceptors (Lipinski definition) is 6. The molecule has 0 saturated carbocycles. The molecule has 21 heavy (non-hydrogen) atoms. The summed E-state index contributed by atoms with van der Waals surface area (Å²) in [6, 6.07) is 9.26. The fourth-order valence-corrected chi connectivity index (χ4v) is 1.69. The summed E-state index contributed by atoms with van der Waals surface area (Å²) in [6.07, 6.45) is 0. The molecule has 108 valence electrons. The summed E-state index contributed by atoms with van der Waals surface area (Å²) in [7, 11) is 0. The molecule has 8 nitrogen and oxygen atoms in total. The van der Waals surface area contributed by atoms with Gasteiger partial charge in [0.25, 0.3) is 11.4 Å². The van der Waals surface area contributed by atoms with Crippen molar-refractivity contribution >= 4 is 11.4 Å². The first-order valence-corrected chi connectivity index (χ1v) is 5.81. The minimum absolute atomic E-state index is 0.139. The molecule has 0 fully saturated rings. The molecule has 0 heterocycles. The summed E-state index contributed by atoms with van der Waals surface area (Å²) in [5, 5.41) is 30.6. The first kappa shape index (κ1) is 14.4. The van der Waals surface area contributed by atoms with Gasteiger partial charge in [-0.1, -0.05) is 6.07 Å². The third-order valence-corrected chi connectivity index (χ3v) is 2.68. The molecular formula is C13H10N2O6. The Bertz CT molecular complexity index is 701. The van der Waals surface area contributed by atoms with E-state index in [9.17, 15) is 25.3 Å². The number of aliphatic hydroxyl groups excluding tert-OH is 1. The predicted octanol–water partition coefficient (Wildman–Crippen LogP) is 2.79. The number of nitrogens with zero attached hydrogens (tertiary/aromatic N) is 2. The van der Waals surface area contributed by atoms with Crippen LogP contribution in [0.2, 0.25) is 0 Å². The molecule has 0 aromatic heterocycles. The van der Waals surface area contributed by atoms with Gasteiger partial charge in [-0.2, -0.15) is 0 Å². The number of hydrogen-bond donors (Lipinski definition) is 1. The van der Waals surface area contributed by atoms with Crippen molar-refractivity contribution in [2.45, 2.75) is 6.61 Å². The average molecular weight is 290 g/mol. The van der Waals surface area contributed by atoms with E-state index in [2.05, 4.69) is 0 Å². The maximum atomic E-state index is 10.7. The molecular weight excluding hydrogens is 280 g/mol. The van der Waals surface area contributed by atoms with Crippen LogP contribution < -0.4 is 4.74 Å². The highest BCUT2D eigenvalue weighted by Crippen LogP contribution is 2.30. The van der Waals surface area contributed by atoms with Gasteiger partial charge in [0, 0.05) is 23.8 Å². The summed E-state index contributed by atoms with van der Waals surface area (Å²) in [5.41, 5.74) is -0.0962. The molecule has 0 atom stereocenters. The van der Waals surface area contributed by atoms with Crippen LogP contribution in [0.5, 0.6) is 11.5 Å². The molecule has 0 saturated heterocycles. The fraction of sp³-hybridized carbons (Fsp3) is 0.0769. The molecule has 0 amide bonds. The van der Waals surface area contributed by atoms with Crippen molar-refractivity contribution in [3.63, 3.8) is 0 Å². The number of non-ortho nitro benzene ring substituents is 2. The third-order valence-electron chi connectivity index (χ3n) is 2.68. The van der Waals surface area contributed by atoms with Crippen LogP contribution in [0.3, 0.4) is 0 Å². The maximum Gasteiger partial charge on any atom is 0.273 e. The molecule has 0 aliphatic heterocycles. The van der Waals surface area contributed by atoms with Crippen molar-refractivity contribution in [3.8, 4) is 11.5 Å². The Balaban J connectivity index is 2.33. The summed E-state index contributed by atoms with van der Waals surface area (Å²) in [4.78, 5) is 20.2. The Labute approximate surface area is 118 Å². The van der Waals surface area contributed by atoms with Gasteiger partial charge in [0.1, 0.15) is 11.5 Å². The second kappa shape index (κ2) is 5.97. The van der Waals surface area contributed by atoms with E-state index < -0.39 is 16.5 Å². The number of aliphatic hydroxyl groups is 1. The van der Waals surface area contributed by atoms with Crippen LogP contribution in [0.15, 0.2) is 42.5 Å². The van der Waals surface area contributed by atoms with E-state index in [1.807, 2.05) is 0 Å². The maximum absolute atomic E-state index is 10.7. The van der Waals surface area contributed by atoms with Crippen molar-refractivity contribution in [2.75, 3.05) is 0 Å². The van der Waals surface area contributed by atoms with Crippen LogP contribution in [0.4, 0.5) is 11.4 Å². The fourth-order valence-electron chi connectivity index (χ4n) is 1.69. The third kappa shape index (κ3) is 3.31. The normalized spacial score (nSPS) is 10.1. The van der Waals surface area contributed by atoms with E-state index in [1.54, 1.807) is 0 Å². The standard InChI is InChI=1S/C13H10N2O6/c16-8-9-6-11(15(19)20)4-5-13(9)21-12-3-1-2-10(7-12)14(17)18/h1-7,16H,8H2. The van der Waals surface area contributed by atoms with E-state index >= 15 is 0 Å². The number of rotatable bonds is 5. The molecule has 0 unspecified atom stereocenters. The summed E-state index contributed by atoms with van der Waals surface area (Å²) >= 11 is 0. The lowest BCUT2D eigenvalue weighted by Crippen LogP contribution is -1.95. The van der Waals surface area contributed by atoms with Crippen LogP contribution in [0.25, 0.3) is 0 Å². The van der Waals surface area contributed by atoms with Crippen LogP contribution in [0.1, 0.15) is 5.56 Å². The van der Waals surface area contributed by atoms with Crippen molar-refractivity contribution in [2.24, 2.45) is 0 Å². The minimum Gasteiger partial charge on any atom is -0.457 e. The quantitative estimate of drug-likeness (QED) is 0.668. The molecule has 0 aliphatic rings. The van der Waals surface area contributed by atoms with Crippen molar-refractivity contribution in [1.29, 1.82) is 0 Å². The first-order chi connectivity index (χ1) is 10.0. The molecule has 0 aliphatic carbocycles. The van der Waals surface area contributed by atoms with Crippen LogP contribution in [0, 0.1) is 20.2 Å². The van der Waals surface area contributed by atoms with E-state index in [0.29, 0.717) is 0 Å². The smallest absolute Gasteiger partial charge is 0.273 e. The lowest BCUT2D eigenvalue weighted by molar-refractivity contribution is -0.385. The lowest BCUT2D eigenvalue weighted by Gasteiger charge is -2.09. The minimum atomic E-state index is -0.587. The van der Waals surface area contributed by atoms with Gasteiger partial charge in [-0.05, 0) is 12.1 Å². The van der Waals surface area contributed by atoms with Gasteiger partial charge in [-0.15, -0.1) is 0 Å². The number of ether oxygens (including phenoxy) is 1. The average Bonchev–Trinajstić information content (AvgIpc) is 2.47. The Morgan fingerprint density at radius 3 is 2.29 bits per heavy atom. The molecule has 2 rings (SSSR count). The highest BCUT2D eigenvalue weighted by Gasteiger charge is 2.13. The molecule has 0 spiro atoms. The van der Waals surface area contributed by atoms with Gasteiger partial charge in [0.2, 0.25) is 0 Å². The molecule has 2 aromatic carbocycles. The molecule has 2 aromatic rings. The van der Waals surface area contributed by atoms with Gasteiger partial charge >= 0.3 is 0 Å². The van der Waals surface area contributed by atoms with E-state index in [-0.39, 0.29) is 28.4 Å². The largest absolute Gasteiger partial charge is 0.457 e. The van der Waals surface area contributed by atoms with Crippen LogP contribution >= 0.6 is 0 Å². The molecule has 8 heteroatoms. The van der Waals surface area contributed by atoms with Gasteiger partial charge < -0.3 is 9.84 Å². The Kier molecular flexibility index (Phi) is 4.10. The van der Waals surface area contributed by atoms with Gasteiger partial charge in [0.15, 0.2) is 0 Å². The van der Waals surface area contributed by atoms with E-state index in [4.69, 9.17) is 4.74 Å². The second-order valence-electron chi connectivity index (χ2n) is 4.06. The van der Waals surface area contributed by atoms with Gasteiger partial charge in [0.05, 0.1) is 22.5 Å². The second-order valence-corrected chi connectivity index (χ2v) is 4.06. The Morgan fingerprint density at radius 2 is 1.67 bits per heavy atom. The topological polar surface area (TPSA) is 116 Å². The zero-order valence-electron chi connectivity index (χ0n) is 10.6. The van der Waals surface area contributed by atoms with Crippen LogP contribution in [-0.2, 0) is 6.61 Å². The monoisotopic (exact) mass is 290 g/mol. The number of benzene rings is 2. The SMILES string of the molecule is O=[N+]([O-])c1cccc(Oc2ccc([N+](=O)[O-])cc2CO)c1. The zero-order valence-corrected chi connectivity index (χ0v) is 10.6. The molecule has 0 bridgehead atoms. The van der Waals surface area contributed by atoms with Crippen molar-refractivity contribution in [1.82, 2.24) is 0 Å². The first-order valence-electron chi connectivity index (χ1n) is 5.81. The Morgan fingerprint density at radius 1 is 1.00 bits per heavy atom. The Hall–Kier alpha value is -3.00. The van der Waals surface area contributed by atoms with Crippen molar-refractivity contribution < 1.29 is 19.7 Å². The highest BCUT2D eigenvalue weighted by molar-refractivity contribution is 5.47. The van der Waals surface area contributed by atoms with Crippen LogP contribution in [-0.4, -0.2) is 15.0 Å². The highest BCUT2D eigenvalue weighted by atomic mass is 16.6. The van der Waals surface area contributed by atoms with Gasteiger partial charge in [-0.25, -0.2) is 0 Å². The molecule has 1 N–H and O–H groups in total. The summed E-state index contributed by atoms with van der Waals surface area (Å²) in [6.45, 7) is -0.452. The van der Waals surface area contributed by atoms with E-state index in [0.717, 1.165) is 0 Å². The summed E-state index contributed by atoms with van der Waals surface area (Å²) in [5.74, 6) is 0.399. The number of nitro groups is 2. The van der Waals surface area contributed by atoms with E-state index in [1.165, 1.54) is 42.5 Å². The molecule has 0 radical (unpaired) electrons. The lowest BCUT2D eigenvalue weighted by atomic mass is 10.2. The predicted molar refractivity (Wildman–Crippen MR) is 72.2 cm³/mol. The van der Waals surface area contributed by atoms with Gasteiger partial charge in [-0.3, -0.25) is 20.2 Å². The zero-order chi connectivity index (χ0) is 15.4. The number of nitro benzene ring substituents is 2.